The van der Waals surface area contributed by atoms with E-state index in [0.717, 1.165) is 0 Å². The number of hydrogen-bond donors (Lipinski definition) is 3. The lowest BCUT2D eigenvalue weighted by atomic mass is 10.1. The van der Waals surface area contributed by atoms with Crippen molar-refractivity contribution in [3.8, 4) is 0 Å². The molecule has 8 heteroatoms. The Bertz CT molecular complexity index is 359. The van der Waals surface area contributed by atoms with Crippen molar-refractivity contribution in [2.75, 3.05) is 20.8 Å². The number of urea groups is 1. The first-order chi connectivity index (χ1) is 9.81. The van der Waals surface area contributed by atoms with Crippen molar-refractivity contribution in [1.82, 2.24) is 10.6 Å². The van der Waals surface area contributed by atoms with Gasteiger partial charge in [0, 0.05) is 13.5 Å². The van der Waals surface area contributed by atoms with Gasteiger partial charge >= 0.3 is 18.0 Å². The van der Waals surface area contributed by atoms with Crippen molar-refractivity contribution in [2.45, 2.75) is 38.8 Å². The number of carbonyl (C=O) groups is 3. The van der Waals surface area contributed by atoms with Gasteiger partial charge < -0.3 is 25.2 Å². The van der Waals surface area contributed by atoms with E-state index in [4.69, 9.17) is 9.84 Å². The standard InChI is InChI=1S/C13H24N2O6/c1-8(2)10(7-20-3)15-13(19)14-9(12(17)18)5-6-11(16)21-4/h8-10H,5-7H2,1-4H3,(H,17,18)(H2,14,15,19)/t9-,10?/m0/s1. The third-order valence-corrected chi connectivity index (χ3v) is 2.94. The van der Waals surface area contributed by atoms with Crippen molar-refractivity contribution in [3.63, 3.8) is 0 Å². The molecule has 2 amide bonds. The van der Waals surface area contributed by atoms with Crippen molar-refractivity contribution < 1.29 is 29.0 Å². The predicted molar refractivity (Wildman–Crippen MR) is 74.8 cm³/mol. The molecular weight excluding hydrogens is 280 g/mol. The highest BCUT2D eigenvalue weighted by molar-refractivity contribution is 5.83. The second kappa shape index (κ2) is 9.98. The summed E-state index contributed by atoms with van der Waals surface area (Å²) < 4.78 is 9.43. The molecule has 0 aliphatic rings. The van der Waals surface area contributed by atoms with E-state index >= 15 is 0 Å². The normalized spacial score (nSPS) is 13.4. The van der Waals surface area contributed by atoms with Gasteiger partial charge in [0.2, 0.25) is 0 Å². The topological polar surface area (TPSA) is 114 Å². The molecule has 21 heavy (non-hydrogen) atoms. The molecule has 0 saturated carbocycles. The Morgan fingerprint density at radius 2 is 1.76 bits per heavy atom. The number of hydrogen-bond acceptors (Lipinski definition) is 5. The molecule has 2 atom stereocenters. The zero-order chi connectivity index (χ0) is 16.4. The minimum Gasteiger partial charge on any atom is -0.480 e. The zero-order valence-electron chi connectivity index (χ0n) is 12.8. The summed E-state index contributed by atoms with van der Waals surface area (Å²) in [6.07, 6.45) is -0.120. The van der Waals surface area contributed by atoms with Gasteiger partial charge in [0.15, 0.2) is 0 Å². The van der Waals surface area contributed by atoms with Crippen LogP contribution in [-0.2, 0) is 19.1 Å². The number of carboxylic acid groups (broad SMARTS) is 1. The molecule has 0 aromatic rings. The van der Waals surface area contributed by atoms with Crippen LogP contribution in [0.2, 0.25) is 0 Å². The summed E-state index contributed by atoms with van der Waals surface area (Å²) in [6.45, 7) is 4.15. The highest BCUT2D eigenvalue weighted by Gasteiger charge is 2.23. The zero-order valence-corrected chi connectivity index (χ0v) is 12.8. The average molecular weight is 304 g/mol. The summed E-state index contributed by atoms with van der Waals surface area (Å²) in [5, 5.41) is 14.0. The Morgan fingerprint density at radius 1 is 1.14 bits per heavy atom. The molecule has 0 spiro atoms. The molecule has 0 saturated heterocycles. The first-order valence-corrected chi connectivity index (χ1v) is 6.67. The Kier molecular flexibility index (Phi) is 9.11. The maximum absolute atomic E-state index is 11.8. The summed E-state index contributed by atoms with van der Waals surface area (Å²) in [5.41, 5.74) is 0. The van der Waals surface area contributed by atoms with Crippen LogP contribution in [0.5, 0.6) is 0 Å². The Morgan fingerprint density at radius 3 is 2.19 bits per heavy atom. The molecule has 0 aliphatic heterocycles. The van der Waals surface area contributed by atoms with Crippen LogP contribution in [0.1, 0.15) is 26.7 Å². The Hall–Kier alpha value is -1.83. The SMILES string of the molecule is COCC(NC(=O)N[C@@H](CCC(=O)OC)C(=O)O)C(C)C. The maximum atomic E-state index is 11.8. The van der Waals surface area contributed by atoms with Crippen molar-refractivity contribution in [3.05, 3.63) is 0 Å². The van der Waals surface area contributed by atoms with E-state index in [9.17, 15) is 14.4 Å². The first kappa shape index (κ1) is 19.2. The lowest BCUT2D eigenvalue weighted by Gasteiger charge is -2.23. The van der Waals surface area contributed by atoms with Gasteiger partial charge in [0.25, 0.3) is 0 Å². The average Bonchev–Trinajstić information content (AvgIpc) is 2.41. The van der Waals surface area contributed by atoms with Crippen LogP contribution >= 0.6 is 0 Å². The Labute approximate surface area is 124 Å². The van der Waals surface area contributed by atoms with Gasteiger partial charge in [-0.3, -0.25) is 4.79 Å². The molecule has 0 rings (SSSR count). The fourth-order valence-electron chi connectivity index (χ4n) is 1.57. The highest BCUT2D eigenvalue weighted by Crippen LogP contribution is 2.03. The number of nitrogens with one attached hydrogen (secondary N) is 2. The van der Waals surface area contributed by atoms with Crippen LogP contribution in [0.15, 0.2) is 0 Å². The highest BCUT2D eigenvalue weighted by atomic mass is 16.5. The maximum Gasteiger partial charge on any atom is 0.326 e. The number of methoxy groups -OCH3 is 2. The van der Waals surface area contributed by atoms with Crippen molar-refractivity contribution in [1.29, 1.82) is 0 Å². The number of carboxylic acids is 1. The molecule has 0 aliphatic carbocycles. The minimum atomic E-state index is -1.21. The predicted octanol–water partition coefficient (Wildman–Crippen LogP) is 0.363. The number of amides is 2. The van der Waals surface area contributed by atoms with Crippen LogP contribution < -0.4 is 10.6 Å². The fourth-order valence-corrected chi connectivity index (χ4v) is 1.57. The molecule has 122 valence electrons. The van der Waals surface area contributed by atoms with E-state index < -0.39 is 24.0 Å². The van der Waals surface area contributed by atoms with Gasteiger partial charge in [-0.05, 0) is 12.3 Å². The van der Waals surface area contributed by atoms with E-state index in [1.165, 1.54) is 14.2 Å². The van der Waals surface area contributed by atoms with Crippen LogP contribution in [0, 0.1) is 5.92 Å². The van der Waals surface area contributed by atoms with E-state index in [2.05, 4.69) is 15.4 Å². The number of ether oxygens (including phenoxy) is 2. The molecule has 0 bridgehead atoms. The van der Waals surface area contributed by atoms with Crippen LogP contribution in [0.25, 0.3) is 0 Å². The summed E-state index contributed by atoms with van der Waals surface area (Å²) in [4.78, 5) is 33.9. The minimum absolute atomic E-state index is 0.0357. The van der Waals surface area contributed by atoms with E-state index in [1.54, 1.807) is 0 Å². The van der Waals surface area contributed by atoms with Gasteiger partial charge in [0.1, 0.15) is 6.04 Å². The number of carbonyl (C=O) groups excluding carboxylic acids is 2. The molecule has 8 nitrogen and oxygen atoms in total. The number of aliphatic carboxylic acids is 1. The molecule has 0 aromatic heterocycles. The van der Waals surface area contributed by atoms with Crippen molar-refractivity contribution in [2.24, 2.45) is 5.92 Å². The largest absolute Gasteiger partial charge is 0.480 e. The lowest BCUT2D eigenvalue weighted by molar-refractivity contribution is -0.142. The molecule has 0 heterocycles. The van der Waals surface area contributed by atoms with Crippen molar-refractivity contribution >= 4 is 18.0 Å². The Balaban J connectivity index is 4.46. The molecule has 0 aromatic carbocycles. The van der Waals surface area contributed by atoms with E-state index in [1.807, 2.05) is 13.8 Å². The van der Waals surface area contributed by atoms with Gasteiger partial charge in [-0.2, -0.15) is 0 Å². The van der Waals surface area contributed by atoms with E-state index in [-0.39, 0.29) is 24.8 Å². The van der Waals surface area contributed by atoms with Gasteiger partial charge in [-0.15, -0.1) is 0 Å². The fraction of sp³-hybridized carbons (Fsp3) is 0.769. The quantitative estimate of drug-likeness (QED) is 0.530. The third-order valence-electron chi connectivity index (χ3n) is 2.94. The molecule has 3 N–H and O–H groups in total. The van der Waals surface area contributed by atoms with Crippen LogP contribution in [-0.4, -0.2) is 56.0 Å². The van der Waals surface area contributed by atoms with Gasteiger partial charge in [0.05, 0.1) is 19.8 Å². The van der Waals surface area contributed by atoms with Crippen LogP contribution in [0.4, 0.5) is 4.79 Å². The lowest BCUT2D eigenvalue weighted by Crippen LogP contribution is -2.51. The first-order valence-electron chi connectivity index (χ1n) is 6.67. The van der Waals surface area contributed by atoms with Crippen LogP contribution in [0.3, 0.4) is 0 Å². The molecule has 0 radical (unpaired) electrons. The second-order valence-electron chi connectivity index (χ2n) is 4.93. The van der Waals surface area contributed by atoms with Gasteiger partial charge in [-0.25, -0.2) is 9.59 Å². The second-order valence-corrected chi connectivity index (χ2v) is 4.93. The monoisotopic (exact) mass is 304 g/mol. The number of rotatable bonds is 9. The smallest absolute Gasteiger partial charge is 0.326 e. The van der Waals surface area contributed by atoms with Gasteiger partial charge in [-0.1, -0.05) is 13.8 Å². The third kappa shape index (κ3) is 8.13. The summed E-state index contributed by atoms with van der Waals surface area (Å²) in [7, 11) is 2.74. The molecular formula is C13H24N2O6. The number of esters is 1. The summed E-state index contributed by atoms with van der Waals surface area (Å²) >= 11 is 0. The molecule has 0 fully saturated rings. The van der Waals surface area contributed by atoms with E-state index in [0.29, 0.717) is 6.61 Å². The summed E-state index contributed by atoms with van der Waals surface area (Å²) in [6, 6.07) is -1.99. The molecule has 1 unspecified atom stereocenters. The summed E-state index contributed by atoms with van der Waals surface area (Å²) in [5.74, 6) is -1.60.